The van der Waals surface area contributed by atoms with E-state index < -0.39 is 17.9 Å². The molecule has 3 amide bonds. The molecule has 0 bridgehead atoms. The van der Waals surface area contributed by atoms with Crippen molar-refractivity contribution in [1.82, 2.24) is 14.8 Å². The minimum absolute atomic E-state index is 0.158. The monoisotopic (exact) mass is 361 g/mol. The summed E-state index contributed by atoms with van der Waals surface area (Å²) in [5, 5.41) is 0. The second-order valence-corrected chi connectivity index (χ2v) is 6.70. The number of pyridine rings is 1. The summed E-state index contributed by atoms with van der Waals surface area (Å²) < 4.78 is 0. The van der Waals surface area contributed by atoms with E-state index in [1.165, 1.54) is 0 Å². The molecule has 6 heteroatoms. The van der Waals surface area contributed by atoms with Crippen molar-refractivity contribution in [2.45, 2.75) is 25.4 Å². The lowest BCUT2D eigenvalue weighted by molar-refractivity contribution is -0.137. The van der Waals surface area contributed by atoms with Crippen LogP contribution in [0.5, 0.6) is 0 Å². The predicted octanol–water partition coefficient (Wildman–Crippen LogP) is 2.60. The Morgan fingerprint density at radius 1 is 1.07 bits per heavy atom. The van der Waals surface area contributed by atoms with Gasteiger partial charge in [-0.2, -0.15) is 0 Å². The van der Waals surface area contributed by atoms with Gasteiger partial charge in [0.1, 0.15) is 6.04 Å². The van der Waals surface area contributed by atoms with E-state index in [9.17, 15) is 14.4 Å². The van der Waals surface area contributed by atoms with Crippen molar-refractivity contribution in [3.8, 4) is 0 Å². The Kier molecular flexibility index (Phi) is 4.32. The molecule has 2 unspecified atom stereocenters. The molecule has 2 aliphatic rings. The topological polar surface area (TPSA) is 70.6 Å². The molecule has 0 aliphatic carbocycles. The van der Waals surface area contributed by atoms with E-state index in [4.69, 9.17) is 0 Å². The molecule has 1 aromatic heterocycles. The van der Waals surface area contributed by atoms with Crippen LogP contribution in [0.25, 0.3) is 0 Å². The third-order valence-corrected chi connectivity index (χ3v) is 5.13. The zero-order valence-corrected chi connectivity index (χ0v) is 14.9. The average molecular weight is 361 g/mol. The Labute approximate surface area is 157 Å². The van der Waals surface area contributed by atoms with Crippen LogP contribution in [0.1, 0.15) is 45.7 Å². The van der Waals surface area contributed by atoms with Crippen LogP contribution in [0.15, 0.2) is 60.9 Å². The lowest BCUT2D eigenvalue weighted by atomic mass is 9.99. The number of hydrogen-bond acceptors (Lipinski definition) is 4. The zero-order valence-electron chi connectivity index (χ0n) is 14.9. The Bertz CT molecular complexity index is 904. The number of imide groups is 1. The molecular formula is C21H19N3O3. The van der Waals surface area contributed by atoms with Gasteiger partial charge in [-0.1, -0.05) is 30.4 Å². The van der Waals surface area contributed by atoms with Crippen LogP contribution in [0.2, 0.25) is 0 Å². The molecule has 0 saturated carbocycles. The number of nitrogens with zero attached hydrogens (tertiary/aromatic N) is 3. The highest BCUT2D eigenvalue weighted by Gasteiger charge is 2.42. The number of benzene rings is 1. The maximum atomic E-state index is 13.2. The normalized spacial score (nSPS) is 20.0. The Balaban J connectivity index is 1.61. The van der Waals surface area contributed by atoms with Crippen LogP contribution in [0.4, 0.5) is 0 Å². The molecule has 0 radical (unpaired) electrons. The number of aromatic nitrogens is 1. The van der Waals surface area contributed by atoms with Gasteiger partial charge in [0.2, 0.25) is 5.91 Å². The summed E-state index contributed by atoms with van der Waals surface area (Å²) in [6.45, 7) is 2.05. The van der Waals surface area contributed by atoms with E-state index >= 15 is 0 Å². The molecule has 0 spiro atoms. The van der Waals surface area contributed by atoms with Crippen molar-refractivity contribution >= 4 is 17.7 Å². The lowest BCUT2D eigenvalue weighted by Gasteiger charge is -2.36. The summed E-state index contributed by atoms with van der Waals surface area (Å²) in [6, 6.07) is 9.41. The van der Waals surface area contributed by atoms with Gasteiger partial charge in [-0.05, 0) is 37.1 Å². The first-order valence-corrected chi connectivity index (χ1v) is 8.92. The van der Waals surface area contributed by atoms with Gasteiger partial charge < -0.3 is 4.90 Å². The third-order valence-electron chi connectivity index (χ3n) is 5.13. The molecule has 27 heavy (non-hydrogen) atoms. The van der Waals surface area contributed by atoms with Crippen molar-refractivity contribution in [2.75, 3.05) is 6.54 Å². The van der Waals surface area contributed by atoms with Crippen LogP contribution in [-0.4, -0.2) is 45.1 Å². The molecule has 1 aromatic carbocycles. The fourth-order valence-electron chi connectivity index (χ4n) is 3.71. The number of hydrogen-bond donors (Lipinski definition) is 0. The number of fused-ring (bicyclic) bond motifs is 1. The predicted molar refractivity (Wildman–Crippen MR) is 98.9 cm³/mol. The highest BCUT2D eigenvalue weighted by molar-refractivity contribution is 6.22. The lowest BCUT2D eigenvalue weighted by Crippen LogP contribution is -2.50. The first-order chi connectivity index (χ1) is 13.1. The SMILES string of the molecule is CC(C(=O)N1CC=CCC1c1cccnc1)N1C(=O)c2ccccc2C1=O. The van der Waals surface area contributed by atoms with Crippen molar-refractivity contribution in [3.05, 3.63) is 77.6 Å². The Morgan fingerprint density at radius 3 is 2.41 bits per heavy atom. The van der Waals surface area contributed by atoms with Crippen LogP contribution in [0.3, 0.4) is 0 Å². The van der Waals surface area contributed by atoms with Crippen molar-refractivity contribution in [2.24, 2.45) is 0 Å². The van der Waals surface area contributed by atoms with Crippen LogP contribution >= 0.6 is 0 Å². The molecule has 4 rings (SSSR count). The van der Waals surface area contributed by atoms with E-state index in [1.54, 1.807) is 48.5 Å². The summed E-state index contributed by atoms with van der Waals surface area (Å²) in [4.78, 5) is 45.6. The van der Waals surface area contributed by atoms with E-state index in [2.05, 4.69) is 4.98 Å². The quantitative estimate of drug-likeness (QED) is 0.622. The van der Waals surface area contributed by atoms with E-state index in [0.717, 1.165) is 10.5 Å². The van der Waals surface area contributed by atoms with Gasteiger partial charge in [0.05, 0.1) is 17.2 Å². The Hall–Kier alpha value is -3.28. The zero-order chi connectivity index (χ0) is 19.0. The minimum Gasteiger partial charge on any atom is -0.330 e. The standard InChI is InChI=1S/C21H19N3O3/c1-14(24-20(26)16-8-2-3-9-17(16)21(24)27)19(25)23-12-5-4-10-18(23)15-7-6-11-22-13-15/h2-9,11,13-14,18H,10,12H2,1H3. The number of rotatable bonds is 3. The van der Waals surface area contributed by atoms with E-state index in [1.807, 2.05) is 24.3 Å². The van der Waals surface area contributed by atoms with Gasteiger partial charge in [-0.3, -0.25) is 24.3 Å². The maximum absolute atomic E-state index is 13.2. The highest BCUT2D eigenvalue weighted by Crippen LogP contribution is 2.30. The molecule has 2 aromatic rings. The van der Waals surface area contributed by atoms with Crippen LogP contribution in [-0.2, 0) is 4.79 Å². The van der Waals surface area contributed by atoms with Gasteiger partial charge in [0.15, 0.2) is 0 Å². The maximum Gasteiger partial charge on any atom is 0.262 e. The summed E-state index contributed by atoms with van der Waals surface area (Å²) in [6.07, 6.45) is 8.08. The molecule has 2 atom stereocenters. The summed E-state index contributed by atoms with van der Waals surface area (Å²) in [7, 11) is 0. The molecule has 6 nitrogen and oxygen atoms in total. The molecule has 136 valence electrons. The van der Waals surface area contributed by atoms with Crippen LogP contribution in [0, 0.1) is 0 Å². The highest BCUT2D eigenvalue weighted by atomic mass is 16.2. The average Bonchev–Trinajstić information content (AvgIpc) is 2.98. The number of amides is 3. The van der Waals surface area contributed by atoms with Crippen LogP contribution < -0.4 is 0 Å². The van der Waals surface area contributed by atoms with Gasteiger partial charge in [-0.25, -0.2) is 0 Å². The van der Waals surface area contributed by atoms with E-state index in [0.29, 0.717) is 24.1 Å². The molecule has 0 fully saturated rings. The molecular weight excluding hydrogens is 342 g/mol. The fourth-order valence-corrected chi connectivity index (χ4v) is 3.71. The molecule has 3 heterocycles. The number of carbonyl (C=O) groups excluding carboxylic acids is 3. The minimum atomic E-state index is -0.872. The number of carbonyl (C=O) groups is 3. The third kappa shape index (κ3) is 2.83. The first-order valence-electron chi connectivity index (χ1n) is 8.92. The summed E-state index contributed by atoms with van der Waals surface area (Å²) in [5.41, 5.74) is 1.64. The van der Waals surface area contributed by atoms with Crippen molar-refractivity contribution in [3.63, 3.8) is 0 Å². The van der Waals surface area contributed by atoms with Gasteiger partial charge in [0.25, 0.3) is 11.8 Å². The second-order valence-electron chi connectivity index (χ2n) is 6.70. The molecule has 0 N–H and O–H groups in total. The Morgan fingerprint density at radius 2 is 1.78 bits per heavy atom. The van der Waals surface area contributed by atoms with E-state index in [-0.39, 0.29) is 11.9 Å². The summed E-state index contributed by atoms with van der Waals surface area (Å²) >= 11 is 0. The van der Waals surface area contributed by atoms with Crippen molar-refractivity contribution < 1.29 is 14.4 Å². The second kappa shape index (κ2) is 6.79. The summed E-state index contributed by atoms with van der Waals surface area (Å²) in [5.74, 6) is -1.08. The van der Waals surface area contributed by atoms with Gasteiger partial charge >= 0.3 is 0 Å². The fraction of sp³-hybridized carbons (Fsp3) is 0.238. The smallest absolute Gasteiger partial charge is 0.262 e. The van der Waals surface area contributed by atoms with Crippen molar-refractivity contribution in [1.29, 1.82) is 0 Å². The molecule has 0 saturated heterocycles. The first kappa shape index (κ1) is 17.1. The van der Waals surface area contributed by atoms with Gasteiger partial charge in [0, 0.05) is 18.9 Å². The largest absolute Gasteiger partial charge is 0.330 e. The molecule has 2 aliphatic heterocycles. The van der Waals surface area contributed by atoms with Gasteiger partial charge in [-0.15, -0.1) is 0 Å².